The van der Waals surface area contributed by atoms with E-state index < -0.39 is 0 Å². The number of fused-ring (bicyclic) bond motifs is 3. The van der Waals surface area contributed by atoms with Crippen molar-refractivity contribution in [2.24, 2.45) is 0 Å². The van der Waals surface area contributed by atoms with Crippen LogP contribution < -0.4 is 0 Å². The Morgan fingerprint density at radius 1 is 0.750 bits per heavy atom. The molecule has 0 saturated carbocycles. The van der Waals surface area contributed by atoms with Gasteiger partial charge in [0.15, 0.2) is 0 Å². The van der Waals surface area contributed by atoms with Crippen molar-refractivity contribution in [3.05, 3.63) is 121 Å². The van der Waals surface area contributed by atoms with Crippen LogP contribution in [0.3, 0.4) is 0 Å². The third-order valence-electron chi connectivity index (χ3n) is 5.94. The van der Waals surface area contributed by atoms with Crippen LogP contribution in [-0.2, 0) is 20.1 Å². The van der Waals surface area contributed by atoms with Gasteiger partial charge in [-0.05, 0) is 29.6 Å². The van der Waals surface area contributed by atoms with Crippen LogP contribution in [0, 0.1) is 19.1 Å². The Morgan fingerprint density at radius 2 is 1.44 bits per heavy atom. The summed E-state index contributed by atoms with van der Waals surface area (Å²) in [6.07, 6.45) is 3.59. The SMILES string of the molecule is CC(C)c1c[c-]c(-c2ccccn2)c2oc3ccccc3c12.Cc1c[c-]c(-c2ccccn2)cc1.[Ir]. The number of hydrogen-bond acceptors (Lipinski definition) is 3. The molecule has 0 saturated heterocycles. The number of benzene rings is 3. The van der Waals surface area contributed by atoms with Gasteiger partial charge in [0.1, 0.15) is 5.58 Å². The van der Waals surface area contributed by atoms with Gasteiger partial charge in [0.05, 0.1) is 5.58 Å². The van der Waals surface area contributed by atoms with E-state index in [0.717, 1.165) is 39.1 Å². The molecule has 0 aliphatic rings. The summed E-state index contributed by atoms with van der Waals surface area (Å²) in [6, 6.07) is 34.7. The van der Waals surface area contributed by atoms with E-state index in [1.165, 1.54) is 16.5 Å². The second-order valence-electron chi connectivity index (χ2n) is 8.79. The van der Waals surface area contributed by atoms with Gasteiger partial charge < -0.3 is 14.4 Å². The molecule has 0 atom stereocenters. The fourth-order valence-electron chi connectivity index (χ4n) is 4.14. The molecule has 3 aromatic carbocycles. The molecule has 6 rings (SSSR count). The monoisotopic (exact) mass is 647 g/mol. The van der Waals surface area contributed by atoms with Crippen molar-refractivity contribution >= 4 is 21.9 Å². The Bertz CT molecular complexity index is 1560. The van der Waals surface area contributed by atoms with Crippen LogP contribution in [-0.4, -0.2) is 9.97 Å². The number of rotatable bonds is 3. The first kappa shape index (κ1) is 25.5. The molecule has 181 valence electrons. The molecule has 0 bridgehead atoms. The van der Waals surface area contributed by atoms with Crippen LogP contribution in [0.4, 0.5) is 0 Å². The molecule has 3 aromatic heterocycles. The van der Waals surface area contributed by atoms with E-state index in [2.05, 4.69) is 67.1 Å². The van der Waals surface area contributed by atoms with Crippen molar-refractivity contribution in [1.29, 1.82) is 0 Å². The Morgan fingerprint density at radius 3 is 2.08 bits per heavy atom. The Labute approximate surface area is 225 Å². The van der Waals surface area contributed by atoms with Gasteiger partial charge in [-0.1, -0.05) is 80.1 Å². The van der Waals surface area contributed by atoms with Gasteiger partial charge in [0.25, 0.3) is 0 Å². The van der Waals surface area contributed by atoms with E-state index >= 15 is 0 Å². The Kier molecular flexibility index (Phi) is 8.10. The summed E-state index contributed by atoms with van der Waals surface area (Å²) >= 11 is 0. The van der Waals surface area contributed by atoms with Gasteiger partial charge in [-0.15, -0.1) is 53.1 Å². The number of aryl methyl sites for hydroxylation is 1. The van der Waals surface area contributed by atoms with E-state index in [-0.39, 0.29) is 20.1 Å². The fraction of sp³-hybridized carbons (Fsp3) is 0.125. The Balaban J connectivity index is 0.000000187. The minimum Gasteiger partial charge on any atom is -0.501 e. The molecular weight excluding hydrogens is 621 g/mol. The largest absolute Gasteiger partial charge is 0.501 e. The van der Waals surface area contributed by atoms with Gasteiger partial charge in [0, 0.05) is 37.9 Å². The molecule has 1 radical (unpaired) electrons. The summed E-state index contributed by atoms with van der Waals surface area (Å²) < 4.78 is 6.16. The average Bonchev–Trinajstić information content (AvgIpc) is 3.30. The second kappa shape index (κ2) is 11.4. The maximum Gasteiger partial charge on any atom is 0.120 e. The number of furan rings is 1. The molecule has 0 amide bonds. The van der Waals surface area contributed by atoms with Crippen molar-refractivity contribution in [2.45, 2.75) is 26.7 Å². The first-order valence-electron chi connectivity index (χ1n) is 11.8. The number of pyridine rings is 2. The molecule has 36 heavy (non-hydrogen) atoms. The zero-order valence-electron chi connectivity index (χ0n) is 20.5. The summed E-state index contributed by atoms with van der Waals surface area (Å²) in [5.41, 5.74) is 8.12. The summed E-state index contributed by atoms with van der Waals surface area (Å²) in [4.78, 5) is 8.70. The zero-order chi connectivity index (χ0) is 24.2. The average molecular weight is 647 g/mol. The Hall–Kier alpha value is -3.59. The number of aromatic nitrogens is 2. The third-order valence-corrected chi connectivity index (χ3v) is 5.94. The molecule has 0 aliphatic carbocycles. The smallest absolute Gasteiger partial charge is 0.120 e. The van der Waals surface area contributed by atoms with Crippen molar-refractivity contribution < 1.29 is 24.5 Å². The molecule has 0 unspecified atom stereocenters. The van der Waals surface area contributed by atoms with Crippen molar-refractivity contribution in [2.75, 3.05) is 0 Å². The molecule has 0 aliphatic heterocycles. The third kappa shape index (κ3) is 5.31. The van der Waals surface area contributed by atoms with Gasteiger partial charge in [0.2, 0.25) is 0 Å². The summed E-state index contributed by atoms with van der Waals surface area (Å²) in [5, 5.41) is 2.34. The molecule has 0 fully saturated rings. The van der Waals surface area contributed by atoms with Gasteiger partial charge in [-0.3, -0.25) is 0 Å². The van der Waals surface area contributed by atoms with Crippen LogP contribution >= 0.6 is 0 Å². The first-order chi connectivity index (χ1) is 17.1. The molecule has 0 N–H and O–H groups in total. The molecule has 3 heterocycles. The number of hydrogen-bond donors (Lipinski definition) is 0. The van der Waals surface area contributed by atoms with Crippen molar-refractivity contribution in [3.63, 3.8) is 0 Å². The normalized spacial score (nSPS) is 10.7. The van der Waals surface area contributed by atoms with Crippen molar-refractivity contribution in [3.8, 4) is 22.5 Å². The molecule has 3 nitrogen and oxygen atoms in total. The van der Waals surface area contributed by atoms with E-state index in [4.69, 9.17) is 4.42 Å². The van der Waals surface area contributed by atoms with Crippen molar-refractivity contribution in [1.82, 2.24) is 9.97 Å². The fourth-order valence-corrected chi connectivity index (χ4v) is 4.14. The van der Waals surface area contributed by atoms with Gasteiger partial charge in [-0.2, -0.15) is 0 Å². The summed E-state index contributed by atoms with van der Waals surface area (Å²) in [6.45, 7) is 6.45. The van der Waals surface area contributed by atoms with E-state index in [1.807, 2.05) is 60.7 Å². The maximum absolute atomic E-state index is 6.16. The van der Waals surface area contributed by atoms with E-state index in [9.17, 15) is 0 Å². The minimum absolute atomic E-state index is 0. The molecule has 0 spiro atoms. The zero-order valence-corrected chi connectivity index (χ0v) is 22.8. The molecular formula is C32H26IrN2O-2. The summed E-state index contributed by atoms with van der Waals surface area (Å²) in [7, 11) is 0. The standard InChI is InChI=1S/C20H16NO.C12H10N.Ir/c1-13(2)14-10-11-15(17-8-5-6-12-21-17)20-19(14)16-7-3-4-9-18(16)22-20;1-10-5-7-11(8-6-10)12-4-2-3-9-13-12;/h3-10,12-13H,1-2H3;2-7,9H,1H3;/q2*-1;. The number of para-hydroxylation sites is 1. The van der Waals surface area contributed by atoms with E-state index in [1.54, 1.807) is 12.4 Å². The molecule has 6 aromatic rings. The quantitative estimate of drug-likeness (QED) is 0.181. The molecule has 4 heteroatoms. The number of nitrogens with zero attached hydrogens (tertiary/aromatic N) is 2. The first-order valence-corrected chi connectivity index (χ1v) is 11.8. The van der Waals surface area contributed by atoms with Crippen LogP contribution in [0.2, 0.25) is 0 Å². The van der Waals surface area contributed by atoms with Gasteiger partial charge >= 0.3 is 0 Å². The van der Waals surface area contributed by atoms with Crippen LogP contribution in [0.15, 0.2) is 102 Å². The minimum atomic E-state index is 0. The predicted octanol–water partition coefficient (Wildman–Crippen LogP) is 8.43. The topological polar surface area (TPSA) is 38.9 Å². The predicted molar refractivity (Wildman–Crippen MR) is 143 cm³/mol. The summed E-state index contributed by atoms with van der Waals surface area (Å²) in [5.74, 6) is 0.414. The second-order valence-corrected chi connectivity index (χ2v) is 8.79. The van der Waals surface area contributed by atoms with Crippen LogP contribution in [0.1, 0.15) is 30.9 Å². The van der Waals surface area contributed by atoms with E-state index in [0.29, 0.717) is 5.92 Å². The van der Waals surface area contributed by atoms with Gasteiger partial charge in [-0.25, -0.2) is 0 Å². The van der Waals surface area contributed by atoms with Crippen LogP contribution in [0.5, 0.6) is 0 Å². The maximum atomic E-state index is 6.16. The van der Waals surface area contributed by atoms with Crippen LogP contribution in [0.25, 0.3) is 44.5 Å².